The minimum absolute atomic E-state index is 0.154. The van der Waals surface area contributed by atoms with Gasteiger partial charge in [0.1, 0.15) is 0 Å². The van der Waals surface area contributed by atoms with Crippen LogP contribution in [0.5, 0.6) is 0 Å². The summed E-state index contributed by atoms with van der Waals surface area (Å²) in [5, 5.41) is 8.44. The van der Waals surface area contributed by atoms with E-state index in [0.717, 1.165) is 25.2 Å². The Morgan fingerprint density at radius 2 is 2.00 bits per heavy atom. The number of sulfonamides is 1. The first-order chi connectivity index (χ1) is 8.48. The van der Waals surface area contributed by atoms with Gasteiger partial charge >= 0.3 is 0 Å². The Balaban J connectivity index is 2.13. The van der Waals surface area contributed by atoms with Crippen molar-refractivity contribution in [3.8, 4) is 0 Å². The summed E-state index contributed by atoms with van der Waals surface area (Å²) in [6, 6.07) is 7.16. The normalized spacial score (nSPS) is 20.7. The molecule has 0 aliphatic carbocycles. The zero-order valence-electron chi connectivity index (χ0n) is 10.5. The number of hydrogen-bond acceptors (Lipinski definition) is 4. The first-order valence-electron chi connectivity index (χ1n) is 6.05. The number of rotatable bonds is 3. The van der Waals surface area contributed by atoms with Gasteiger partial charge in [0.25, 0.3) is 0 Å². The molecular formula is C12H19N3O2S. The molecule has 1 heterocycles. The van der Waals surface area contributed by atoms with Crippen molar-refractivity contribution in [2.24, 2.45) is 5.14 Å². The Kier molecular flexibility index (Phi) is 3.89. The van der Waals surface area contributed by atoms with Gasteiger partial charge in [-0.3, -0.25) is 0 Å². The number of nitrogens with two attached hydrogens (primary N) is 1. The Morgan fingerprint density at radius 1 is 1.33 bits per heavy atom. The lowest BCUT2D eigenvalue weighted by Gasteiger charge is -2.33. The van der Waals surface area contributed by atoms with Crippen LogP contribution in [-0.2, 0) is 10.0 Å². The van der Waals surface area contributed by atoms with Crippen LogP contribution in [0.1, 0.15) is 12.8 Å². The zero-order valence-corrected chi connectivity index (χ0v) is 11.3. The molecule has 100 valence electrons. The fraction of sp³-hybridized carbons (Fsp3) is 0.500. The maximum absolute atomic E-state index is 11.2. The molecule has 1 atom stereocenters. The molecule has 1 unspecified atom stereocenters. The van der Waals surface area contributed by atoms with Crippen LogP contribution in [0, 0.1) is 0 Å². The van der Waals surface area contributed by atoms with E-state index in [9.17, 15) is 8.42 Å². The van der Waals surface area contributed by atoms with E-state index in [1.807, 2.05) is 7.05 Å². The molecule has 0 saturated carbocycles. The van der Waals surface area contributed by atoms with Gasteiger partial charge in [0, 0.05) is 25.3 Å². The second-order valence-corrected chi connectivity index (χ2v) is 6.21. The first-order valence-corrected chi connectivity index (χ1v) is 7.59. The summed E-state index contributed by atoms with van der Waals surface area (Å²) in [7, 11) is -1.57. The number of anilines is 1. The molecule has 1 aliphatic rings. The summed E-state index contributed by atoms with van der Waals surface area (Å²) >= 11 is 0. The van der Waals surface area contributed by atoms with Crippen molar-refractivity contribution < 1.29 is 8.42 Å². The maximum Gasteiger partial charge on any atom is 0.238 e. The number of nitrogens with zero attached hydrogens (tertiary/aromatic N) is 1. The third-order valence-corrected chi connectivity index (χ3v) is 4.32. The molecule has 1 aromatic carbocycles. The van der Waals surface area contributed by atoms with Crippen molar-refractivity contribution in [2.45, 2.75) is 23.8 Å². The Hall–Kier alpha value is -1.11. The number of hydrogen-bond donors (Lipinski definition) is 2. The van der Waals surface area contributed by atoms with Gasteiger partial charge in [0.05, 0.1) is 4.90 Å². The van der Waals surface area contributed by atoms with E-state index in [-0.39, 0.29) is 4.90 Å². The topological polar surface area (TPSA) is 75.4 Å². The van der Waals surface area contributed by atoms with Crippen LogP contribution in [-0.4, -0.2) is 34.6 Å². The van der Waals surface area contributed by atoms with Gasteiger partial charge in [-0.1, -0.05) is 0 Å². The number of nitrogens with one attached hydrogen (secondary N) is 1. The van der Waals surface area contributed by atoms with Crippen molar-refractivity contribution in [1.82, 2.24) is 5.32 Å². The minimum atomic E-state index is -3.60. The van der Waals surface area contributed by atoms with Crippen LogP contribution in [0.15, 0.2) is 29.2 Å². The average molecular weight is 269 g/mol. The molecule has 2 rings (SSSR count). The predicted octanol–water partition coefficient (Wildman–Crippen LogP) is 0.522. The fourth-order valence-electron chi connectivity index (χ4n) is 2.25. The Morgan fingerprint density at radius 3 is 2.50 bits per heavy atom. The van der Waals surface area contributed by atoms with E-state index in [1.165, 1.54) is 6.42 Å². The van der Waals surface area contributed by atoms with Crippen LogP contribution in [0.25, 0.3) is 0 Å². The summed E-state index contributed by atoms with van der Waals surface area (Å²) in [6.45, 7) is 2.04. The SMILES string of the molecule is CN(c1ccc(S(N)(=O)=O)cc1)C1CCCNC1. The lowest BCUT2D eigenvalue weighted by molar-refractivity contribution is 0.445. The number of likely N-dealkylation sites (N-methyl/N-ethyl adjacent to an activating group) is 1. The molecule has 1 fully saturated rings. The zero-order chi connectivity index (χ0) is 13.2. The molecule has 5 nitrogen and oxygen atoms in total. The number of piperidine rings is 1. The van der Waals surface area contributed by atoms with Crippen molar-refractivity contribution in [3.63, 3.8) is 0 Å². The van der Waals surface area contributed by atoms with Crippen LogP contribution in [0.2, 0.25) is 0 Å². The molecule has 1 aliphatic heterocycles. The molecule has 3 N–H and O–H groups in total. The average Bonchev–Trinajstić information content (AvgIpc) is 2.38. The molecule has 18 heavy (non-hydrogen) atoms. The van der Waals surface area contributed by atoms with E-state index >= 15 is 0 Å². The second kappa shape index (κ2) is 5.26. The quantitative estimate of drug-likeness (QED) is 0.839. The monoisotopic (exact) mass is 269 g/mol. The Bertz CT molecular complexity index is 493. The van der Waals surface area contributed by atoms with Crippen LogP contribution < -0.4 is 15.4 Å². The van der Waals surface area contributed by atoms with E-state index < -0.39 is 10.0 Å². The third-order valence-electron chi connectivity index (χ3n) is 3.39. The van der Waals surface area contributed by atoms with Gasteiger partial charge in [0.2, 0.25) is 10.0 Å². The number of primary sulfonamides is 1. The van der Waals surface area contributed by atoms with E-state index in [0.29, 0.717) is 6.04 Å². The molecule has 1 aromatic rings. The molecule has 1 saturated heterocycles. The number of benzene rings is 1. The van der Waals surface area contributed by atoms with Gasteiger partial charge in [-0.2, -0.15) is 0 Å². The van der Waals surface area contributed by atoms with Crippen LogP contribution in [0.4, 0.5) is 5.69 Å². The third kappa shape index (κ3) is 3.01. The van der Waals surface area contributed by atoms with Crippen molar-refractivity contribution in [2.75, 3.05) is 25.0 Å². The van der Waals surface area contributed by atoms with Gasteiger partial charge in [-0.25, -0.2) is 13.6 Å². The second-order valence-electron chi connectivity index (χ2n) is 4.65. The van der Waals surface area contributed by atoms with Gasteiger partial charge < -0.3 is 10.2 Å². The van der Waals surface area contributed by atoms with Gasteiger partial charge in [-0.05, 0) is 43.7 Å². The molecule has 0 radical (unpaired) electrons. The summed E-state index contributed by atoms with van der Waals surface area (Å²) in [6.07, 6.45) is 2.32. The molecular weight excluding hydrogens is 250 g/mol. The highest BCUT2D eigenvalue weighted by atomic mass is 32.2. The van der Waals surface area contributed by atoms with Gasteiger partial charge in [0.15, 0.2) is 0 Å². The fourth-order valence-corrected chi connectivity index (χ4v) is 2.76. The lowest BCUT2D eigenvalue weighted by atomic mass is 10.1. The smallest absolute Gasteiger partial charge is 0.238 e. The highest BCUT2D eigenvalue weighted by molar-refractivity contribution is 7.89. The molecule has 0 aromatic heterocycles. The Labute approximate surface area is 108 Å². The molecule has 6 heteroatoms. The summed E-state index contributed by atoms with van der Waals surface area (Å²) in [5.41, 5.74) is 1.01. The standard InChI is InChI=1S/C12H19N3O2S/c1-15(11-3-2-8-14-9-11)10-4-6-12(7-5-10)18(13,16)17/h4-7,11,14H,2-3,8-9H2,1H3,(H2,13,16,17). The highest BCUT2D eigenvalue weighted by Crippen LogP contribution is 2.20. The van der Waals surface area contributed by atoms with Crippen LogP contribution in [0.3, 0.4) is 0 Å². The highest BCUT2D eigenvalue weighted by Gasteiger charge is 2.18. The molecule has 0 spiro atoms. The largest absolute Gasteiger partial charge is 0.370 e. The summed E-state index contributed by atoms with van der Waals surface area (Å²) < 4.78 is 22.3. The van der Waals surface area contributed by atoms with E-state index in [4.69, 9.17) is 5.14 Å². The summed E-state index contributed by atoms with van der Waals surface area (Å²) in [4.78, 5) is 2.33. The molecule has 0 bridgehead atoms. The summed E-state index contributed by atoms with van der Waals surface area (Å²) in [5.74, 6) is 0. The van der Waals surface area contributed by atoms with Crippen LogP contribution >= 0.6 is 0 Å². The minimum Gasteiger partial charge on any atom is -0.370 e. The molecule has 0 amide bonds. The van der Waals surface area contributed by atoms with Crippen molar-refractivity contribution in [1.29, 1.82) is 0 Å². The van der Waals surface area contributed by atoms with E-state index in [1.54, 1.807) is 24.3 Å². The van der Waals surface area contributed by atoms with E-state index in [2.05, 4.69) is 10.2 Å². The van der Waals surface area contributed by atoms with Gasteiger partial charge in [-0.15, -0.1) is 0 Å². The lowest BCUT2D eigenvalue weighted by Crippen LogP contribution is -2.44. The van der Waals surface area contributed by atoms with Crippen molar-refractivity contribution >= 4 is 15.7 Å². The maximum atomic E-state index is 11.2. The van der Waals surface area contributed by atoms with Crippen molar-refractivity contribution in [3.05, 3.63) is 24.3 Å². The predicted molar refractivity (Wildman–Crippen MR) is 72.1 cm³/mol. The first kappa shape index (κ1) is 13.3.